The molecule has 3 aliphatic heterocycles. The molecule has 5 heteroatoms. The number of esters is 1. The zero-order valence-corrected chi connectivity index (χ0v) is 20.3. The molecule has 0 aliphatic carbocycles. The molecule has 0 radical (unpaired) electrons. The van der Waals surface area contributed by atoms with Gasteiger partial charge in [0.1, 0.15) is 11.5 Å². The first-order chi connectivity index (χ1) is 17.6. The van der Waals surface area contributed by atoms with Crippen LogP contribution in [-0.2, 0) is 16.8 Å². The van der Waals surface area contributed by atoms with E-state index in [1.54, 1.807) is 0 Å². The van der Waals surface area contributed by atoms with Crippen molar-refractivity contribution in [2.24, 2.45) is 0 Å². The minimum absolute atomic E-state index is 0.312. The van der Waals surface area contributed by atoms with Crippen LogP contribution in [0.4, 0.5) is 17.1 Å². The predicted octanol–water partition coefficient (Wildman–Crippen LogP) is 6.75. The van der Waals surface area contributed by atoms with Gasteiger partial charge in [0, 0.05) is 59.3 Å². The summed E-state index contributed by atoms with van der Waals surface area (Å²) >= 11 is 0. The summed E-state index contributed by atoms with van der Waals surface area (Å²) in [5.41, 5.74) is 7.68. The van der Waals surface area contributed by atoms with Crippen molar-refractivity contribution in [3.05, 3.63) is 112 Å². The van der Waals surface area contributed by atoms with Crippen molar-refractivity contribution in [3.63, 3.8) is 0 Å². The van der Waals surface area contributed by atoms with Crippen LogP contribution < -0.4 is 15.0 Å². The van der Waals surface area contributed by atoms with Gasteiger partial charge in [0.2, 0.25) is 0 Å². The van der Waals surface area contributed by atoms with Crippen LogP contribution in [0, 0.1) is 0 Å². The molecule has 5 nitrogen and oxygen atoms in total. The molecule has 0 bridgehead atoms. The molecule has 0 saturated heterocycles. The van der Waals surface area contributed by atoms with Crippen molar-refractivity contribution in [3.8, 4) is 11.5 Å². The maximum Gasteiger partial charge on any atom is 0.340 e. The number of rotatable bonds is 3. The highest BCUT2D eigenvalue weighted by Crippen LogP contribution is 2.57. The monoisotopic (exact) mass is 474 g/mol. The Kier molecular flexibility index (Phi) is 4.46. The van der Waals surface area contributed by atoms with Gasteiger partial charge >= 0.3 is 5.97 Å². The molecule has 1 unspecified atom stereocenters. The van der Waals surface area contributed by atoms with Gasteiger partial charge in [0.05, 0.1) is 5.56 Å². The lowest BCUT2D eigenvalue weighted by atomic mass is 9.76. The second-order valence-electron chi connectivity index (χ2n) is 9.54. The van der Waals surface area contributed by atoms with Crippen molar-refractivity contribution in [1.82, 2.24) is 0 Å². The molecule has 0 saturated carbocycles. The Labute approximate surface area is 210 Å². The molecule has 178 valence electrons. The second kappa shape index (κ2) is 7.62. The number of nitrogens with one attached hydrogen (secondary N) is 1. The van der Waals surface area contributed by atoms with Gasteiger partial charge in [0.25, 0.3) is 0 Å². The molecule has 1 N–H and O–H groups in total. The van der Waals surface area contributed by atoms with Gasteiger partial charge in [-0.15, -0.1) is 0 Å². The van der Waals surface area contributed by atoms with Crippen LogP contribution in [0.3, 0.4) is 0 Å². The molecular weight excluding hydrogens is 448 g/mol. The Hall–Kier alpha value is -4.25. The Bertz CT molecular complexity index is 1560. The van der Waals surface area contributed by atoms with E-state index in [-0.39, 0.29) is 5.97 Å². The average Bonchev–Trinajstić information content (AvgIpc) is 3.20. The van der Waals surface area contributed by atoms with E-state index in [0.717, 1.165) is 70.3 Å². The molecule has 1 atom stereocenters. The Balaban J connectivity index is 1.47. The van der Waals surface area contributed by atoms with Crippen LogP contribution in [0.1, 0.15) is 52.0 Å². The average molecular weight is 475 g/mol. The van der Waals surface area contributed by atoms with E-state index in [2.05, 4.69) is 72.6 Å². The van der Waals surface area contributed by atoms with Gasteiger partial charge in [-0.2, -0.15) is 0 Å². The molecule has 0 amide bonds. The number of carbonyl (C=O) groups is 1. The normalized spacial score (nSPS) is 18.1. The van der Waals surface area contributed by atoms with E-state index in [0.29, 0.717) is 5.56 Å². The van der Waals surface area contributed by atoms with E-state index < -0.39 is 5.60 Å². The number of carbonyl (C=O) groups excluding carboxylic acids is 1. The molecule has 3 heterocycles. The number of ether oxygens (including phenoxy) is 2. The number of nitrogens with zero attached hydrogens (tertiary/aromatic N) is 1. The van der Waals surface area contributed by atoms with Gasteiger partial charge in [0.15, 0.2) is 5.60 Å². The standard InChI is InChI=1S/C31H26N2O3/c1-3-33(4-2)21-13-14-24-29(17-21)35-28-16-20-15-19-9-5-8-12-26(19)32-27(20)18-25(28)31(24)23-11-7-6-10-22(23)30(34)36-31/h5-14,16-18,32H,3-4,15H2,1-2H3. The fraction of sp³-hybridized carbons (Fsp3) is 0.194. The van der Waals surface area contributed by atoms with Gasteiger partial charge in [-0.1, -0.05) is 36.4 Å². The number of hydrogen-bond acceptors (Lipinski definition) is 5. The largest absolute Gasteiger partial charge is 0.456 e. The fourth-order valence-electron chi connectivity index (χ4n) is 5.94. The molecule has 0 fully saturated rings. The molecule has 3 aliphatic rings. The lowest BCUT2D eigenvalue weighted by Gasteiger charge is -2.38. The van der Waals surface area contributed by atoms with Crippen LogP contribution >= 0.6 is 0 Å². The summed E-state index contributed by atoms with van der Waals surface area (Å²) in [4.78, 5) is 15.5. The predicted molar refractivity (Wildman–Crippen MR) is 141 cm³/mol. The van der Waals surface area contributed by atoms with Crippen molar-refractivity contribution in [1.29, 1.82) is 0 Å². The van der Waals surface area contributed by atoms with Gasteiger partial charge in [-0.25, -0.2) is 4.79 Å². The van der Waals surface area contributed by atoms with Crippen molar-refractivity contribution >= 4 is 23.0 Å². The summed E-state index contributed by atoms with van der Waals surface area (Å²) in [5, 5.41) is 3.59. The van der Waals surface area contributed by atoms with E-state index in [1.165, 1.54) is 5.56 Å². The highest BCUT2D eigenvalue weighted by atomic mass is 16.6. The minimum Gasteiger partial charge on any atom is -0.456 e. The van der Waals surface area contributed by atoms with Crippen LogP contribution in [0.2, 0.25) is 0 Å². The first-order valence-corrected chi connectivity index (χ1v) is 12.5. The van der Waals surface area contributed by atoms with Gasteiger partial charge in [-0.05, 0) is 61.4 Å². The SMILES string of the molecule is CCN(CC)c1ccc2c(c1)Oc1cc3c(cc1C21OC(=O)c2ccccc21)Nc1ccccc1C3. The van der Waals surface area contributed by atoms with Crippen LogP contribution in [-0.4, -0.2) is 19.1 Å². The number of benzene rings is 4. The van der Waals surface area contributed by atoms with Crippen LogP contribution in [0.5, 0.6) is 11.5 Å². The van der Waals surface area contributed by atoms with Crippen LogP contribution in [0.15, 0.2) is 78.9 Å². The summed E-state index contributed by atoms with van der Waals surface area (Å²) in [7, 11) is 0. The molecule has 4 aromatic carbocycles. The number of para-hydroxylation sites is 1. The second-order valence-corrected chi connectivity index (χ2v) is 9.54. The molecular formula is C31H26N2O3. The molecule has 0 aromatic heterocycles. The van der Waals surface area contributed by atoms with E-state index >= 15 is 0 Å². The lowest BCUT2D eigenvalue weighted by molar-refractivity contribution is 0.0224. The third kappa shape index (κ3) is 2.80. The third-order valence-electron chi connectivity index (χ3n) is 7.72. The van der Waals surface area contributed by atoms with Gasteiger partial charge in [-0.3, -0.25) is 0 Å². The molecule has 1 spiro atoms. The summed E-state index contributed by atoms with van der Waals surface area (Å²) in [6.07, 6.45) is 0.810. The van der Waals surface area contributed by atoms with Gasteiger partial charge < -0.3 is 19.7 Å². The number of fused-ring (bicyclic) bond motifs is 8. The first kappa shape index (κ1) is 21.1. The van der Waals surface area contributed by atoms with E-state index in [9.17, 15) is 4.79 Å². The summed E-state index contributed by atoms with van der Waals surface area (Å²) < 4.78 is 13.0. The lowest BCUT2D eigenvalue weighted by Crippen LogP contribution is -2.33. The Morgan fingerprint density at radius 3 is 2.44 bits per heavy atom. The minimum atomic E-state index is -1.06. The zero-order chi connectivity index (χ0) is 24.4. The smallest absolute Gasteiger partial charge is 0.340 e. The molecule has 7 rings (SSSR count). The van der Waals surface area contributed by atoms with Crippen molar-refractivity contribution in [2.75, 3.05) is 23.3 Å². The summed E-state index contributed by atoms with van der Waals surface area (Å²) in [5.74, 6) is 1.14. The molecule has 36 heavy (non-hydrogen) atoms. The number of anilines is 3. The third-order valence-corrected chi connectivity index (χ3v) is 7.72. The Morgan fingerprint density at radius 2 is 1.58 bits per heavy atom. The summed E-state index contributed by atoms with van der Waals surface area (Å²) in [6.45, 7) is 6.08. The quantitative estimate of drug-likeness (QED) is 0.293. The van der Waals surface area contributed by atoms with Crippen LogP contribution in [0.25, 0.3) is 0 Å². The maximum absolute atomic E-state index is 13.2. The van der Waals surface area contributed by atoms with Crippen molar-refractivity contribution in [2.45, 2.75) is 25.9 Å². The highest BCUT2D eigenvalue weighted by molar-refractivity contribution is 5.97. The fourth-order valence-corrected chi connectivity index (χ4v) is 5.94. The van der Waals surface area contributed by atoms with E-state index in [1.807, 2.05) is 30.3 Å². The summed E-state index contributed by atoms with van der Waals surface area (Å²) in [6, 6.07) is 26.5. The highest BCUT2D eigenvalue weighted by Gasteiger charge is 2.53. The zero-order valence-electron chi connectivity index (χ0n) is 20.3. The van der Waals surface area contributed by atoms with Crippen molar-refractivity contribution < 1.29 is 14.3 Å². The maximum atomic E-state index is 13.2. The van der Waals surface area contributed by atoms with E-state index in [4.69, 9.17) is 9.47 Å². The molecule has 4 aromatic rings. The topological polar surface area (TPSA) is 50.8 Å². The Morgan fingerprint density at radius 1 is 0.806 bits per heavy atom. The first-order valence-electron chi connectivity index (χ1n) is 12.5. The number of hydrogen-bond donors (Lipinski definition) is 1.